The number of fused-ring (bicyclic) bond motifs is 1. The maximum Gasteiger partial charge on any atom is 0.317 e. The van der Waals surface area contributed by atoms with Gasteiger partial charge in [-0.2, -0.15) is 0 Å². The second-order valence-electron chi connectivity index (χ2n) is 6.42. The number of anilines is 2. The lowest BCUT2D eigenvalue weighted by Gasteiger charge is -2.28. The number of nitrogens with one attached hydrogen (secondary N) is 2. The van der Waals surface area contributed by atoms with Crippen molar-refractivity contribution >= 4 is 35.7 Å². The molecule has 2 aromatic rings. The van der Waals surface area contributed by atoms with Crippen molar-refractivity contribution in [2.45, 2.75) is 19.4 Å². The van der Waals surface area contributed by atoms with E-state index >= 15 is 0 Å². The summed E-state index contributed by atoms with van der Waals surface area (Å²) in [7, 11) is 1.55. The Morgan fingerprint density at radius 2 is 1.93 bits per heavy atom. The zero-order chi connectivity index (χ0) is 19.2. The van der Waals surface area contributed by atoms with Crippen LogP contribution in [0, 0.1) is 0 Å². The Hall–Kier alpha value is -2.93. The van der Waals surface area contributed by atoms with Crippen molar-refractivity contribution in [3.05, 3.63) is 53.6 Å². The van der Waals surface area contributed by atoms with E-state index in [0.29, 0.717) is 30.2 Å². The number of nitrogens with zero attached hydrogens (tertiary/aromatic N) is 1. The first kappa shape index (κ1) is 21.4. The van der Waals surface area contributed by atoms with Gasteiger partial charge in [0.15, 0.2) is 0 Å². The highest BCUT2D eigenvalue weighted by atomic mass is 35.5. The third-order valence-corrected chi connectivity index (χ3v) is 4.58. The first-order valence-electron chi connectivity index (χ1n) is 8.89. The quantitative estimate of drug-likeness (QED) is 0.667. The number of carbonyl (C=O) groups is 2. The summed E-state index contributed by atoms with van der Waals surface area (Å²) in [5.41, 5.74) is 9.28. The van der Waals surface area contributed by atoms with Gasteiger partial charge >= 0.3 is 6.03 Å². The lowest BCUT2D eigenvalue weighted by molar-refractivity contribution is -0.116. The van der Waals surface area contributed by atoms with Crippen LogP contribution in [0.15, 0.2) is 42.5 Å². The minimum atomic E-state index is -0.223. The molecule has 8 heteroatoms. The Kier molecular flexibility index (Phi) is 7.52. The van der Waals surface area contributed by atoms with Gasteiger partial charge in [-0.15, -0.1) is 12.4 Å². The molecule has 0 bridgehead atoms. The highest BCUT2D eigenvalue weighted by Crippen LogP contribution is 2.24. The molecule has 0 atom stereocenters. The molecule has 1 heterocycles. The second-order valence-corrected chi connectivity index (χ2v) is 6.42. The molecule has 1 aliphatic rings. The number of urea groups is 1. The van der Waals surface area contributed by atoms with Gasteiger partial charge in [-0.1, -0.05) is 24.3 Å². The molecule has 2 aromatic carbocycles. The van der Waals surface area contributed by atoms with Gasteiger partial charge in [0.25, 0.3) is 0 Å². The van der Waals surface area contributed by atoms with Crippen LogP contribution >= 0.6 is 12.4 Å². The predicted molar refractivity (Wildman–Crippen MR) is 112 cm³/mol. The summed E-state index contributed by atoms with van der Waals surface area (Å²) in [5.74, 6) is 0.387. The van der Waals surface area contributed by atoms with E-state index in [9.17, 15) is 9.59 Å². The minimum absolute atomic E-state index is 0. The summed E-state index contributed by atoms with van der Waals surface area (Å²) in [4.78, 5) is 26.2. The van der Waals surface area contributed by atoms with Crippen molar-refractivity contribution in [2.75, 3.05) is 31.2 Å². The maximum atomic E-state index is 12.3. The third-order valence-electron chi connectivity index (χ3n) is 4.58. The van der Waals surface area contributed by atoms with Crippen LogP contribution in [-0.2, 0) is 17.8 Å². The lowest BCUT2D eigenvalue weighted by atomic mass is 10.0. The van der Waals surface area contributed by atoms with Crippen molar-refractivity contribution in [3.63, 3.8) is 0 Å². The number of methoxy groups -OCH3 is 1. The Morgan fingerprint density at radius 1 is 1.18 bits per heavy atom. The average molecular weight is 405 g/mol. The largest absolute Gasteiger partial charge is 0.497 e. The average Bonchev–Trinajstić information content (AvgIpc) is 2.69. The van der Waals surface area contributed by atoms with Gasteiger partial charge in [-0.3, -0.25) is 4.79 Å². The standard InChI is InChI=1S/C20H24N4O3.ClH/c1-27-16-6-7-17(21)18(12-16)23-19(25)8-10-22-20(26)24-11-9-14-4-2-3-5-15(14)13-24;/h2-7,12H,8-11,13,21H2,1H3,(H,22,26)(H,23,25);1H. The van der Waals surface area contributed by atoms with Crippen molar-refractivity contribution in [3.8, 4) is 5.75 Å². The van der Waals surface area contributed by atoms with Crippen molar-refractivity contribution in [2.24, 2.45) is 0 Å². The molecule has 150 valence electrons. The fourth-order valence-electron chi connectivity index (χ4n) is 3.05. The van der Waals surface area contributed by atoms with Crippen LogP contribution < -0.4 is 21.1 Å². The number of benzene rings is 2. The number of amides is 3. The maximum absolute atomic E-state index is 12.3. The number of hydrogen-bond acceptors (Lipinski definition) is 4. The van der Waals surface area contributed by atoms with E-state index in [0.717, 1.165) is 6.42 Å². The number of ether oxygens (including phenoxy) is 1. The third kappa shape index (κ3) is 5.29. The van der Waals surface area contributed by atoms with E-state index in [1.165, 1.54) is 11.1 Å². The zero-order valence-electron chi connectivity index (χ0n) is 15.7. The van der Waals surface area contributed by atoms with Gasteiger partial charge in [0.2, 0.25) is 5.91 Å². The molecule has 0 unspecified atom stereocenters. The summed E-state index contributed by atoms with van der Waals surface area (Å²) in [5, 5.41) is 5.55. The fourth-order valence-corrected chi connectivity index (χ4v) is 3.05. The summed E-state index contributed by atoms with van der Waals surface area (Å²) in [6, 6.07) is 13.0. The Balaban J connectivity index is 0.00000280. The predicted octanol–water partition coefficient (Wildman–Crippen LogP) is 2.80. The Bertz CT molecular complexity index is 844. The number of halogens is 1. The van der Waals surface area contributed by atoms with Crippen LogP contribution in [0.25, 0.3) is 0 Å². The van der Waals surface area contributed by atoms with Crippen LogP contribution in [0.5, 0.6) is 5.75 Å². The number of carbonyl (C=O) groups excluding carboxylic acids is 2. The molecule has 0 spiro atoms. The molecular weight excluding hydrogens is 380 g/mol. The van der Waals surface area contributed by atoms with Crippen LogP contribution in [0.3, 0.4) is 0 Å². The summed E-state index contributed by atoms with van der Waals surface area (Å²) in [6.07, 6.45) is 1.01. The summed E-state index contributed by atoms with van der Waals surface area (Å²) < 4.78 is 5.13. The normalized spacial score (nSPS) is 12.4. The van der Waals surface area contributed by atoms with Crippen molar-refractivity contribution < 1.29 is 14.3 Å². The van der Waals surface area contributed by atoms with Crippen LogP contribution in [0.2, 0.25) is 0 Å². The van der Waals surface area contributed by atoms with Crippen molar-refractivity contribution in [1.29, 1.82) is 0 Å². The van der Waals surface area contributed by atoms with E-state index in [1.807, 2.05) is 18.2 Å². The second kappa shape index (κ2) is 9.85. The van der Waals surface area contributed by atoms with Gasteiger partial charge in [0.1, 0.15) is 5.75 Å². The number of hydrogen-bond donors (Lipinski definition) is 3. The van der Waals surface area contributed by atoms with Gasteiger partial charge in [-0.05, 0) is 29.7 Å². The molecule has 3 amide bonds. The smallest absolute Gasteiger partial charge is 0.317 e. The zero-order valence-corrected chi connectivity index (χ0v) is 16.6. The summed E-state index contributed by atoms with van der Waals surface area (Å²) >= 11 is 0. The number of nitrogens with two attached hydrogens (primary N) is 1. The van der Waals surface area contributed by atoms with E-state index in [1.54, 1.807) is 30.2 Å². The molecular formula is C20H25ClN4O3. The van der Waals surface area contributed by atoms with Gasteiger partial charge < -0.3 is 26.0 Å². The van der Waals surface area contributed by atoms with E-state index < -0.39 is 0 Å². The van der Waals surface area contributed by atoms with Crippen LogP contribution in [0.4, 0.5) is 16.2 Å². The number of rotatable bonds is 5. The highest BCUT2D eigenvalue weighted by Gasteiger charge is 2.20. The van der Waals surface area contributed by atoms with Crippen LogP contribution in [-0.4, -0.2) is 37.0 Å². The molecule has 1 aliphatic heterocycles. The molecule has 4 N–H and O–H groups in total. The molecule has 3 rings (SSSR count). The Morgan fingerprint density at radius 3 is 2.68 bits per heavy atom. The van der Waals surface area contributed by atoms with Crippen molar-refractivity contribution in [1.82, 2.24) is 10.2 Å². The molecule has 0 aromatic heterocycles. The fraction of sp³-hybridized carbons (Fsp3) is 0.300. The molecule has 7 nitrogen and oxygen atoms in total. The van der Waals surface area contributed by atoms with E-state index in [2.05, 4.69) is 16.7 Å². The molecule has 0 aliphatic carbocycles. The summed E-state index contributed by atoms with van der Waals surface area (Å²) in [6.45, 7) is 1.52. The molecule has 0 saturated carbocycles. The van der Waals surface area contributed by atoms with Gasteiger partial charge in [0.05, 0.1) is 18.5 Å². The molecule has 0 fully saturated rings. The number of nitrogen functional groups attached to an aromatic ring is 1. The Labute approximate surface area is 170 Å². The topological polar surface area (TPSA) is 96.7 Å². The van der Waals surface area contributed by atoms with Gasteiger partial charge in [-0.25, -0.2) is 4.79 Å². The van der Waals surface area contributed by atoms with E-state index in [-0.39, 0.29) is 37.3 Å². The SMILES string of the molecule is COc1ccc(N)c(NC(=O)CCNC(=O)N2CCc3ccccc3C2)c1.Cl. The monoisotopic (exact) mass is 404 g/mol. The molecule has 28 heavy (non-hydrogen) atoms. The first-order valence-corrected chi connectivity index (χ1v) is 8.89. The van der Waals surface area contributed by atoms with Gasteiger partial charge in [0, 0.05) is 32.1 Å². The highest BCUT2D eigenvalue weighted by molar-refractivity contribution is 5.94. The lowest BCUT2D eigenvalue weighted by Crippen LogP contribution is -2.43. The molecule has 0 saturated heterocycles. The first-order chi connectivity index (χ1) is 13.1. The molecule has 0 radical (unpaired) electrons. The van der Waals surface area contributed by atoms with Crippen LogP contribution in [0.1, 0.15) is 17.5 Å². The van der Waals surface area contributed by atoms with E-state index in [4.69, 9.17) is 10.5 Å². The minimum Gasteiger partial charge on any atom is -0.497 e.